The maximum Gasteiger partial charge on any atom is 0.268 e. The van der Waals surface area contributed by atoms with E-state index in [9.17, 15) is 9.90 Å². The highest BCUT2D eigenvalue weighted by molar-refractivity contribution is 5.94. The lowest BCUT2D eigenvalue weighted by Crippen LogP contribution is -2.46. The number of benzene rings is 3. The molecule has 1 fully saturated rings. The molecule has 2 aliphatic heterocycles. The number of fused-ring (bicyclic) bond motifs is 3. The number of hydrogen-bond acceptors (Lipinski definition) is 4. The molecule has 158 valence electrons. The van der Waals surface area contributed by atoms with Gasteiger partial charge >= 0.3 is 0 Å². The molecule has 0 spiro atoms. The summed E-state index contributed by atoms with van der Waals surface area (Å²) in [4.78, 5) is 13.8. The normalized spacial score (nSPS) is 22.6. The van der Waals surface area contributed by atoms with Gasteiger partial charge in [0.1, 0.15) is 5.75 Å². The van der Waals surface area contributed by atoms with Crippen LogP contribution in [0.4, 0.5) is 0 Å². The van der Waals surface area contributed by atoms with Crippen molar-refractivity contribution in [1.29, 1.82) is 0 Å². The fourth-order valence-electron chi connectivity index (χ4n) is 5.22. The van der Waals surface area contributed by atoms with Crippen molar-refractivity contribution in [2.45, 2.75) is 18.5 Å². The summed E-state index contributed by atoms with van der Waals surface area (Å²) in [5, 5.41) is 14.6. The van der Waals surface area contributed by atoms with Crippen LogP contribution in [0.25, 0.3) is 0 Å². The van der Waals surface area contributed by atoms with Crippen molar-refractivity contribution in [1.82, 2.24) is 10.0 Å². The number of amides is 1. The second kappa shape index (κ2) is 8.17. The molecule has 0 radical (unpaired) electrons. The van der Waals surface area contributed by atoms with Gasteiger partial charge in [0.05, 0.1) is 25.8 Å². The van der Waals surface area contributed by atoms with E-state index in [-0.39, 0.29) is 30.5 Å². The third-order valence-electron chi connectivity index (χ3n) is 6.55. The van der Waals surface area contributed by atoms with E-state index < -0.39 is 0 Å². The summed E-state index contributed by atoms with van der Waals surface area (Å²) in [6.45, 7) is 0.694. The number of methoxy groups -OCH3 is 1. The third-order valence-corrected chi connectivity index (χ3v) is 6.55. The van der Waals surface area contributed by atoms with Gasteiger partial charge in [0.15, 0.2) is 0 Å². The average molecular weight is 415 g/mol. The van der Waals surface area contributed by atoms with E-state index >= 15 is 0 Å². The molecule has 0 saturated carbocycles. The number of carbonyl (C=O) groups is 1. The van der Waals surface area contributed by atoms with Crippen molar-refractivity contribution in [2.24, 2.45) is 5.92 Å². The zero-order valence-corrected chi connectivity index (χ0v) is 17.5. The van der Waals surface area contributed by atoms with Crippen LogP contribution >= 0.6 is 0 Å². The van der Waals surface area contributed by atoms with Gasteiger partial charge in [0.25, 0.3) is 5.91 Å². The largest absolute Gasteiger partial charge is 0.496 e. The molecule has 5 nitrogen and oxygen atoms in total. The van der Waals surface area contributed by atoms with Crippen LogP contribution in [0.5, 0.6) is 5.75 Å². The molecule has 1 N–H and O–H groups in total. The minimum atomic E-state index is -0.329. The van der Waals surface area contributed by atoms with E-state index in [4.69, 9.17) is 4.74 Å². The summed E-state index contributed by atoms with van der Waals surface area (Å²) in [6.07, 6.45) is 0.863. The SMILES string of the molecule is COc1ccccc1[C@@H]1[C@@H](CO)[C@@H]2c3ccccc3CCN2N1C(=O)c1ccccc1. The maximum atomic E-state index is 13.8. The van der Waals surface area contributed by atoms with Crippen molar-refractivity contribution in [3.05, 3.63) is 101 Å². The zero-order valence-electron chi connectivity index (χ0n) is 17.5. The van der Waals surface area contributed by atoms with E-state index in [2.05, 4.69) is 23.2 Å². The van der Waals surface area contributed by atoms with Gasteiger partial charge in [0, 0.05) is 23.6 Å². The quantitative estimate of drug-likeness (QED) is 0.701. The molecular formula is C26H26N2O3. The standard InChI is InChI=1S/C26H26N2O3/c1-31-23-14-8-7-13-21(23)25-22(17-29)24-20-12-6-5-9-18(20)15-16-27(24)28(25)26(30)19-10-3-2-4-11-19/h2-14,22,24-25,29H,15-17H2,1H3/t22-,24-,25+/m0/s1. The number of carbonyl (C=O) groups excluding carboxylic acids is 1. The summed E-state index contributed by atoms with van der Waals surface area (Å²) in [6, 6.07) is 25.2. The molecule has 1 amide bonds. The molecule has 1 saturated heterocycles. The Morgan fingerprint density at radius 3 is 2.35 bits per heavy atom. The first-order valence-electron chi connectivity index (χ1n) is 10.7. The molecule has 5 heteroatoms. The fourth-order valence-corrected chi connectivity index (χ4v) is 5.22. The Labute approximate surface area is 182 Å². The first-order chi connectivity index (χ1) is 15.2. The number of para-hydroxylation sites is 1. The van der Waals surface area contributed by atoms with Crippen molar-refractivity contribution >= 4 is 5.91 Å². The third kappa shape index (κ3) is 3.21. The maximum absolute atomic E-state index is 13.8. The Hall–Kier alpha value is -3.15. The smallest absolute Gasteiger partial charge is 0.268 e. The van der Waals surface area contributed by atoms with Crippen LogP contribution in [0, 0.1) is 5.92 Å². The Morgan fingerprint density at radius 1 is 0.935 bits per heavy atom. The summed E-state index contributed by atoms with van der Waals surface area (Å²) in [5.74, 6) is 0.493. The highest BCUT2D eigenvalue weighted by atomic mass is 16.5. The molecule has 0 aromatic heterocycles. The van der Waals surface area contributed by atoms with Gasteiger partial charge in [-0.1, -0.05) is 60.7 Å². The lowest BCUT2D eigenvalue weighted by molar-refractivity contribution is -0.0160. The predicted octanol–water partition coefficient (Wildman–Crippen LogP) is 4.02. The van der Waals surface area contributed by atoms with Crippen molar-refractivity contribution in [3.63, 3.8) is 0 Å². The molecule has 0 bridgehead atoms. The van der Waals surface area contributed by atoms with Crippen molar-refractivity contribution in [3.8, 4) is 5.75 Å². The molecule has 2 heterocycles. The van der Waals surface area contributed by atoms with Crippen LogP contribution in [0.1, 0.15) is 39.1 Å². The van der Waals surface area contributed by atoms with Crippen LogP contribution in [0.15, 0.2) is 78.9 Å². The average Bonchev–Trinajstić information content (AvgIpc) is 3.18. The Bertz CT molecular complexity index is 1080. The van der Waals surface area contributed by atoms with Crippen LogP contribution in [-0.4, -0.2) is 41.3 Å². The highest BCUT2D eigenvalue weighted by Gasteiger charge is 2.52. The summed E-state index contributed by atoms with van der Waals surface area (Å²) in [7, 11) is 1.65. The molecular weight excluding hydrogens is 388 g/mol. The zero-order chi connectivity index (χ0) is 21.4. The van der Waals surface area contributed by atoms with E-state index in [1.54, 1.807) is 7.11 Å². The molecule has 5 rings (SSSR count). The molecule has 3 atom stereocenters. The Morgan fingerprint density at radius 2 is 1.61 bits per heavy atom. The molecule has 0 unspecified atom stereocenters. The van der Waals surface area contributed by atoms with E-state index in [0.717, 1.165) is 24.3 Å². The van der Waals surface area contributed by atoms with E-state index in [0.29, 0.717) is 5.56 Å². The molecule has 31 heavy (non-hydrogen) atoms. The molecule has 0 aliphatic carbocycles. The number of aliphatic hydroxyl groups is 1. The number of nitrogens with zero attached hydrogens (tertiary/aromatic N) is 2. The van der Waals surface area contributed by atoms with Crippen LogP contribution in [0.2, 0.25) is 0 Å². The lowest BCUT2D eigenvalue weighted by Gasteiger charge is -2.38. The van der Waals surface area contributed by atoms with Crippen LogP contribution in [0.3, 0.4) is 0 Å². The van der Waals surface area contributed by atoms with E-state index in [1.807, 2.05) is 65.7 Å². The van der Waals surface area contributed by atoms with Gasteiger partial charge in [-0.15, -0.1) is 0 Å². The first-order valence-corrected chi connectivity index (χ1v) is 10.7. The second-order valence-corrected chi connectivity index (χ2v) is 8.11. The highest BCUT2D eigenvalue weighted by Crippen LogP contribution is 2.52. The van der Waals surface area contributed by atoms with Crippen LogP contribution < -0.4 is 4.74 Å². The van der Waals surface area contributed by atoms with Gasteiger partial charge in [-0.2, -0.15) is 0 Å². The van der Waals surface area contributed by atoms with Crippen molar-refractivity contribution < 1.29 is 14.6 Å². The minimum Gasteiger partial charge on any atom is -0.496 e. The van der Waals surface area contributed by atoms with Crippen molar-refractivity contribution in [2.75, 3.05) is 20.3 Å². The van der Waals surface area contributed by atoms with Crippen LogP contribution in [-0.2, 0) is 6.42 Å². The van der Waals surface area contributed by atoms with Gasteiger partial charge in [-0.3, -0.25) is 9.80 Å². The number of hydrazine groups is 1. The Balaban J connectivity index is 1.69. The molecule has 2 aliphatic rings. The lowest BCUT2D eigenvalue weighted by atomic mass is 9.82. The first kappa shape index (κ1) is 19.8. The fraction of sp³-hybridized carbons (Fsp3) is 0.269. The number of ether oxygens (including phenoxy) is 1. The second-order valence-electron chi connectivity index (χ2n) is 8.11. The van der Waals surface area contributed by atoms with E-state index in [1.165, 1.54) is 11.1 Å². The van der Waals surface area contributed by atoms with Gasteiger partial charge in [0.2, 0.25) is 0 Å². The summed E-state index contributed by atoms with van der Waals surface area (Å²) in [5.41, 5.74) is 4.03. The molecule has 3 aromatic rings. The molecule has 3 aromatic carbocycles. The monoisotopic (exact) mass is 414 g/mol. The number of aliphatic hydroxyl groups excluding tert-OH is 1. The number of rotatable bonds is 4. The topological polar surface area (TPSA) is 53.0 Å². The minimum absolute atomic E-state index is 0.0310. The number of hydrogen-bond donors (Lipinski definition) is 1. The summed E-state index contributed by atoms with van der Waals surface area (Å²) >= 11 is 0. The van der Waals surface area contributed by atoms with Gasteiger partial charge < -0.3 is 9.84 Å². The van der Waals surface area contributed by atoms with Gasteiger partial charge in [-0.25, -0.2) is 5.01 Å². The summed E-state index contributed by atoms with van der Waals surface area (Å²) < 4.78 is 5.67. The Kier molecular flexibility index (Phi) is 5.22. The van der Waals surface area contributed by atoms with Gasteiger partial charge in [-0.05, 0) is 35.7 Å². The predicted molar refractivity (Wildman–Crippen MR) is 119 cm³/mol.